The lowest BCUT2D eigenvalue weighted by atomic mass is 9.77. The molecule has 86 heavy (non-hydrogen) atoms. The Morgan fingerprint density at radius 1 is 0.314 bits per heavy atom. The summed E-state index contributed by atoms with van der Waals surface area (Å²) >= 11 is 0. The SMILES string of the molecule is CC(C)(C)c1cc(CCC(=O)OCC(COC(=O)CCc2cc(C(C)(C)C)c(O)c(C(C)(C)C)c2)(COC(=O)CCc2cc(C(C)(C)C)c(O)c(C(C)(C)C)c2)COC(=O)CCc2cc(C(C)(C)C)c(N=O)c(C(C)(C)C)c2)cc(C(C)(C)C)c1O. The van der Waals surface area contributed by atoms with Crippen molar-refractivity contribution in [2.75, 3.05) is 26.4 Å². The molecule has 0 spiro atoms. The van der Waals surface area contributed by atoms with Gasteiger partial charge in [-0.2, -0.15) is 0 Å². The van der Waals surface area contributed by atoms with Gasteiger partial charge in [0.1, 0.15) is 54.8 Å². The highest BCUT2D eigenvalue weighted by atomic mass is 16.6. The lowest BCUT2D eigenvalue weighted by Gasteiger charge is -2.32. The number of aromatic hydroxyl groups is 3. The number of carbonyl (C=O) groups is 4. The predicted octanol–water partition coefficient (Wildman–Crippen LogP) is 16.6. The summed E-state index contributed by atoms with van der Waals surface area (Å²) < 4.78 is 24.4. The first-order chi connectivity index (χ1) is 39.0. The maximum Gasteiger partial charge on any atom is 0.306 e. The molecule has 13 heteroatoms. The molecule has 3 N–H and O–H groups in total. The molecule has 0 unspecified atom stereocenters. The van der Waals surface area contributed by atoms with Gasteiger partial charge in [0.2, 0.25) is 0 Å². The molecule has 0 bridgehead atoms. The van der Waals surface area contributed by atoms with Gasteiger partial charge in [-0.3, -0.25) is 19.2 Å². The minimum Gasteiger partial charge on any atom is -0.507 e. The zero-order valence-electron chi connectivity index (χ0n) is 57.1. The van der Waals surface area contributed by atoms with Crippen molar-refractivity contribution in [1.82, 2.24) is 0 Å². The van der Waals surface area contributed by atoms with Gasteiger partial charge in [0, 0.05) is 25.7 Å². The van der Waals surface area contributed by atoms with Gasteiger partial charge in [0.25, 0.3) is 0 Å². The monoisotopic (exact) mass is 1190 g/mol. The maximum atomic E-state index is 14.1. The quantitative estimate of drug-likeness (QED) is 0.0406. The first-order valence-electron chi connectivity index (χ1n) is 30.7. The molecule has 0 aliphatic carbocycles. The van der Waals surface area contributed by atoms with Gasteiger partial charge in [-0.25, -0.2) is 0 Å². The van der Waals surface area contributed by atoms with Crippen molar-refractivity contribution >= 4 is 29.6 Å². The Morgan fingerprint density at radius 3 is 0.628 bits per heavy atom. The third-order valence-corrected chi connectivity index (χ3v) is 15.9. The van der Waals surface area contributed by atoms with Crippen molar-refractivity contribution in [3.05, 3.63) is 120 Å². The van der Waals surface area contributed by atoms with Crippen LogP contribution >= 0.6 is 0 Å². The fraction of sp³-hybridized carbons (Fsp3) is 0.616. The molecule has 13 nitrogen and oxygen atoms in total. The number of ether oxygens (including phenoxy) is 4. The second-order valence-electron chi connectivity index (χ2n) is 32.4. The minimum atomic E-state index is -1.60. The van der Waals surface area contributed by atoms with Crippen LogP contribution in [-0.4, -0.2) is 65.6 Å². The van der Waals surface area contributed by atoms with Gasteiger partial charge in [0.15, 0.2) is 0 Å². The third-order valence-electron chi connectivity index (χ3n) is 15.9. The van der Waals surface area contributed by atoms with Crippen molar-refractivity contribution < 1.29 is 53.4 Å². The molecule has 476 valence electrons. The molecule has 0 aromatic heterocycles. The molecular formula is C73H107NO12. The number of hydrogen-bond acceptors (Lipinski definition) is 13. The number of esters is 4. The van der Waals surface area contributed by atoms with Crippen molar-refractivity contribution in [1.29, 1.82) is 0 Å². The van der Waals surface area contributed by atoms with E-state index in [1.807, 2.05) is 215 Å². The summed E-state index contributed by atoms with van der Waals surface area (Å²) in [5.74, 6) is -1.77. The van der Waals surface area contributed by atoms with Crippen LogP contribution in [0.3, 0.4) is 0 Å². The molecule has 0 aliphatic heterocycles. The predicted molar refractivity (Wildman–Crippen MR) is 345 cm³/mol. The summed E-state index contributed by atoms with van der Waals surface area (Å²) in [6.45, 7) is 46.5. The van der Waals surface area contributed by atoms with Gasteiger partial charge in [-0.05, 0) is 141 Å². The molecule has 4 aromatic rings. The molecular weight excluding hydrogens is 1080 g/mol. The second kappa shape index (κ2) is 27.0. The number of nitrogens with zero attached hydrogens (tertiary/aromatic N) is 1. The second-order valence-corrected chi connectivity index (χ2v) is 32.4. The van der Waals surface area contributed by atoms with Gasteiger partial charge in [-0.15, -0.1) is 4.91 Å². The summed E-state index contributed by atoms with van der Waals surface area (Å²) in [5.41, 5.74) is 4.79. The lowest BCUT2D eigenvalue weighted by molar-refractivity contribution is -0.170. The van der Waals surface area contributed by atoms with Crippen molar-refractivity contribution in [2.24, 2.45) is 10.6 Å². The van der Waals surface area contributed by atoms with E-state index < -0.39 is 99.0 Å². The number of phenols is 3. The molecule has 0 aliphatic rings. The highest BCUT2D eigenvalue weighted by Crippen LogP contribution is 2.45. The van der Waals surface area contributed by atoms with E-state index in [-0.39, 0.29) is 68.6 Å². The largest absolute Gasteiger partial charge is 0.507 e. The topological polar surface area (TPSA) is 195 Å². The molecule has 4 rings (SSSR count). The van der Waals surface area contributed by atoms with Crippen molar-refractivity contribution in [3.63, 3.8) is 0 Å². The average molecular weight is 1190 g/mol. The fourth-order valence-corrected chi connectivity index (χ4v) is 10.5. The number of hydrogen-bond donors (Lipinski definition) is 3. The first-order valence-corrected chi connectivity index (χ1v) is 30.7. The van der Waals surface area contributed by atoms with Crippen LogP contribution in [0, 0.1) is 10.3 Å². The standard InChI is InChI=1S/C73H107NO12/c1-65(2,3)49-33-45(34-50(61(49)74-82)66(4,5)6)25-29-57(75)83-41-73(42-84-58(76)30-26-46-35-51(67(7,8)9)62(79)52(36-46)68(10,11)12,43-85-59(77)31-27-47-37-53(69(13,14)15)63(80)54(38-47)70(16,17)18)44-86-60(78)32-28-48-39-55(71(19,20)21)64(81)56(40-48)72(22,23)24/h33-40,79-81H,25-32,41-44H2,1-24H3. The number of benzene rings is 4. The lowest BCUT2D eigenvalue weighted by Crippen LogP contribution is -2.44. The molecule has 0 fully saturated rings. The zero-order valence-corrected chi connectivity index (χ0v) is 57.1. The van der Waals surface area contributed by atoms with E-state index >= 15 is 0 Å². The Bertz CT molecular complexity index is 2700. The van der Waals surface area contributed by atoms with Gasteiger partial charge >= 0.3 is 23.9 Å². The van der Waals surface area contributed by atoms with E-state index in [1.54, 1.807) is 0 Å². The molecule has 0 atom stereocenters. The number of nitroso groups, excluding NO2 is 1. The smallest absolute Gasteiger partial charge is 0.306 e. The number of phenolic OH excluding ortho intramolecular Hbond substituents is 3. The van der Waals surface area contributed by atoms with Crippen LogP contribution in [-0.2, 0) is 107 Å². The Hall–Kier alpha value is -6.24. The highest BCUT2D eigenvalue weighted by Gasteiger charge is 2.39. The van der Waals surface area contributed by atoms with Crippen LogP contribution in [0.15, 0.2) is 53.7 Å². The molecule has 0 radical (unpaired) electrons. The Balaban J connectivity index is 1.77. The number of carbonyl (C=O) groups excluding carboxylic acids is 4. The van der Waals surface area contributed by atoms with Crippen molar-refractivity contribution in [2.45, 2.75) is 261 Å². The highest BCUT2D eigenvalue weighted by molar-refractivity contribution is 5.72. The van der Waals surface area contributed by atoms with Crippen molar-refractivity contribution in [3.8, 4) is 17.2 Å². The first kappa shape index (κ1) is 72.2. The van der Waals surface area contributed by atoms with E-state index in [0.29, 0.717) is 5.69 Å². The summed E-state index contributed by atoms with van der Waals surface area (Å²) in [6, 6.07) is 15.3. The summed E-state index contributed by atoms with van der Waals surface area (Å²) in [5, 5.41) is 37.8. The van der Waals surface area contributed by atoms with E-state index in [9.17, 15) is 39.4 Å². The van der Waals surface area contributed by atoms with Crippen LogP contribution in [0.25, 0.3) is 0 Å². The number of rotatable bonds is 21. The molecule has 0 saturated heterocycles. The Kier molecular flexibility index (Phi) is 22.7. The van der Waals surface area contributed by atoms with Crippen LogP contribution in [0.4, 0.5) is 5.69 Å². The third kappa shape index (κ3) is 19.9. The van der Waals surface area contributed by atoms with E-state index in [4.69, 9.17) is 18.9 Å². The van der Waals surface area contributed by atoms with Gasteiger partial charge in [0.05, 0.1) is 0 Å². The normalized spacial score (nSPS) is 13.1. The fourth-order valence-electron chi connectivity index (χ4n) is 10.5. The molecule has 0 amide bonds. The number of aryl methyl sites for hydroxylation is 4. The van der Waals surface area contributed by atoms with Crippen LogP contribution in [0.2, 0.25) is 0 Å². The van der Waals surface area contributed by atoms with E-state index in [1.165, 1.54) is 0 Å². The summed E-state index contributed by atoms with van der Waals surface area (Å²) in [6.07, 6.45) is 0.754. The molecule has 4 aromatic carbocycles. The summed E-state index contributed by atoms with van der Waals surface area (Å²) in [7, 11) is 0. The Morgan fingerprint density at radius 2 is 0.477 bits per heavy atom. The Labute approximate surface area is 516 Å². The maximum absolute atomic E-state index is 14.1. The van der Waals surface area contributed by atoms with Crippen LogP contribution in [0.1, 0.15) is 259 Å². The van der Waals surface area contributed by atoms with Crippen LogP contribution in [0.5, 0.6) is 17.2 Å². The minimum absolute atomic E-state index is 0.0711. The molecule has 0 heterocycles. The average Bonchev–Trinajstić information content (AvgIpc) is 0.871. The van der Waals surface area contributed by atoms with E-state index in [2.05, 4.69) is 5.18 Å². The summed E-state index contributed by atoms with van der Waals surface area (Å²) in [4.78, 5) is 68.8. The van der Waals surface area contributed by atoms with Gasteiger partial charge in [-0.1, -0.05) is 215 Å². The van der Waals surface area contributed by atoms with E-state index in [0.717, 1.165) is 66.8 Å². The zero-order chi connectivity index (χ0) is 65.7. The van der Waals surface area contributed by atoms with Gasteiger partial charge < -0.3 is 34.3 Å². The van der Waals surface area contributed by atoms with Crippen LogP contribution < -0.4 is 0 Å². The molecule has 0 saturated carbocycles.